The van der Waals surface area contributed by atoms with Crippen LogP contribution in [0.5, 0.6) is 0 Å². The average Bonchev–Trinajstić information content (AvgIpc) is 3.00. The molecule has 21 heavy (non-hydrogen) atoms. The summed E-state index contributed by atoms with van der Waals surface area (Å²) in [5, 5.41) is 8.19. The second kappa shape index (κ2) is 5.01. The van der Waals surface area contributed by atoms with E-state index in [9.17, 15) is 0 Å². The molecule has 104 valence electrons. The van der Waals surface area contributed by atoms with Crippen LogP contribution in [-0.4, -0.2) is 26.3 Å². The van der Waals surface area contributed by atoms with Crippen LogP contribution in [0.2, 0.25) is 0 Å². The van der Waals surface area contributed by atoms with E-state index in [0.29, 0.717) is 0 Å². The molecule has 0 aliphatic carbocycles. The van der Waals surface area contributed by atoms with Crippen molar-refractivity contribution in [2.24, 2.45) is 0 Å². The molecule has 1 N–H and O–H groups in total. The second-order valence-corrected chi connectivity index (χ2v) is 5.11. The van der Waals surface area contributed by atoms with Crippen LogP contribution in [-0.2, 0) is 0 Å². The molecular formula is C16H15N5. The molecule has 1 atom stereocenters. The van der Waals surface area contributed by atoms with Gasteiger partial charge in [-0.05, 0) is 30.2 Å². The highest BCUT2D eigenvalue weighted by atomic mass is 15.4. The summed E-state index contributed by atoms with van der Waals surface area (Å²) in [6, 6.07) is 10.4. The standard InChI is InChI=1S/C16H15N5/c1-2-13(11-18-6-1)15-5-9-19-16-10-14(20-21(15)16)12-3-7-17-8-4-12/h1-4,6-8,10-11,15,19H,5,9H2. The van der Waals surface area contributed by atoms with Gasteiger partial charge < -0.3 is 5.32 Å². The average molecular weight is 277 g/mol. The summed E-state index contributed by atoms with van der Waals surface area (Å²) in [4.78, 5) is 8.28. The van der Waals surface area contributed by atoms with Gasteiger partial charge in [0.1, 0.15) is 5.82 Å². The highest BCUT2D eigenvalue weighted by Gasteiger charge is 2.23. The fraction of sp³-hybridized carbons (Fsp3) is 0.188. The molecule has 5 heteroatoms. The van der Waals surface area contributed by atoms with E-state index in [-0.39, 0.29) is 6.04 Å². The lowest BCUT2D eigenvalue weighted by atomic mass is 10.0. The zero-order valence-corrected chi connectivity index (χ0v) is 11.5. The number of fused-ring (bicyclic) bond motifs is 1. The Morgan fingerprint density at radius 3 is 2.81 bits per heavy atom. The van der Waals surface area contributed by atoms with E-state index in [1.54, 1.807) is 18.6 Å². The molecule has 0 aromatic carbocycles. The maximum atomic E-state index is 4.78. The van der Waals surface area contributed by atoms with Gasteiger partial charge in [-0.2, -0.15) is 5.10 Å². The van der Waals surface area contributed by atoms with Crippen LogP contribution in [0.1, 0.15) is 18.0 Å². The van der Waals surface area contributed by atoms with Gasteiger partial charge in [0.15, 0.2) is 0 Å². The molecule has 4 rings (SSSR count). The molecular weight excluding hydrogens is 262 g/mol. The quantitative estimate of drug-likeness (QED) is 0.782. The molecule has 0 radical (unpaired) electrons. The molecule has 4 heterocycles. The zero-order chi connectivity index (χ0) is 14.1. The van der Waals surface area contributed by atoms with Gasteiger partial charge in [0, 0.05) is 43.0 Å². The van der Waals surface area contributed by atoms with E-state index in [0.717, 1.165) is 30.0 Å². The minimum absolute atomic E-state index is 0.241. The van der Waals surface area contributed by atoms with Crippen molar-refractivity contribution in [3.63, 3.8) is 0 Å². The summed E-state index contributed by atoms with van der Waals surface area (Å²) in [7, 11) is 0. The summed E-state index contributed by atoms with van der Waals surface area (Å²) in [5.74, 6) is 1.06. The number of pyridine rings is 2. The van der Waals surface area contributed by atoms with Crippen molar-refractivity contribution in [1.82, 2.24) is 19.7 Å². The van der Waals surface area contributed by atoms with Crippen molar-refractivity contribution in [3.05, 3.63) is 60.7 Å². The van der Waals surface area contributed by atoms with Crippen LogP contribution in [0.15, 0.2) is 55.1 Å². The smallest absolute Gasteiger partial charge is 0.125 e. The third-order valence-electron chi connectivity index (χ3n) is 3.80. The minimum atomic E-state index is 0.241. The van der Waals surface area contributed by atoms with Crippen molar-refractivity contribution in [2.75, 3.05) is 11.9 Å². The van der Waals surface area contributed by atoms with Gasteiger partial charge in [-0.15, -0.1) is 0 Å². The largest absolute Gasteiger partial charge is 0.370 e. The van der Waals surface area contributed by atoms with Gasteiger partial charge in [-0.25, -0.2) is 4.68 Å². The zero-order valence-electron chi connectivity index (χ0n) is 11.5. The predicted octanol–water partition coefficient (Wildman–Crippen LogP) is 2.75. The first-order chi connectivity index (χ1) is 10.4. The van der Waals surface area contributed by atoms with Gasteiger partial charge in [-0.1, -0.05) is 6.07 Å². The molecule has 1 aliphatic heterocycles. The van der Waals surface area contributed by atoms with Gasteiger partial charge in [0.2, 0.25) is 0 Å². The summed E-state index contributed by atoms with van der Waals surface area (Å²) < 4.78 is 2.07. The van der Waals surface area contributed by atoms with Gasteiger partial charge in [0.25, 0.3) is 0 Å². The molecule has 1 unspecified atom stereocenters. The first-order valence-corrected chi connectivity index (χ1v) is 7.05. The third-order valence-corrected chi connectivity index (χ3v) is 3.80. The van der Waals surface area contributed by atoms with Gasteiger partial charge in [0.05, 0.1) is 11.7 Å². The number of hydrogen-bond acceptors (Lipinski definition) is 4. The Morgan fingerprint density at radius 2 is 2.00 bits per heavy atom. The Labute approximate surface area is 122 Å². The monoisotopic (exact) mass is 277 g/mol. The topological polar surface area (TPSA) is 55.6 Å². The third kappa shape index (κ3) is 2.16. The molecule has 0 amide bonds. The van der Waals surface area contributed by atoms with Crippen LogP contribution in [0.4, 0.5) is 5.82 Å². The van der Waals surface area contributed by atoms with Crippen LogP contribution >= 0.6 is 0 Å². The molecule has 0 bridgehead atoms. The van der Waals surface area contributed by atoms with Crippen molar-refractivity contribution >= 4 is 5.82 Å². The first kappa shape index (κ1) is 12.1. The van der Waals surface area contributed by atoms with E-state index < -0.39 is 0 Å². The van der Waals surface area contributed by atoms with E-state index in [1.807, 2.05) is 24.4 Å². The van der Waals surface area contributed by atoms with Crippen molar-refractivity contribution in [3.8, 4) is 11.3 Å². The van der Waals surface area contributed by atoms with Crippen molar-refractivity contribution in [1.29, 1.82) is 0 Å². The lowest BCUT2D eigenvalue weighted by molar-refractivity contribution is 0.482. The van der Waals surface area contributed by atoms with Crippen LogP contribution in [0.3, 0.4) is 0 Å². The second-order valence-electron chi connectivity index (χ2n) is 5.11. The lowest BCUT2D eigenvalue weighted by Gasteiger charge is -2.25. The molecule has 1 aliphatic rings. The Morgan fingerprint density at radius 1 is 1.10 bits per heavy atom. The molecule has 0 spiro atoms. The minimum Gasteiger partial charge on any atom is -0.370 e. The highest BCUT2D eigenvalue weighted by molar-refractivity contribution is 5.63. The number of aromatic nitrogens is 4. The number of anilines is 1. The Hall–Kier alpha value is -2.69. The van der Waals surface area contributed by atoms with E-state index in [2.05, 4.69) is 32.1 Å². The van der Waals surface area contributed by atoms with E-state index in [1.165, 1.54) is 5.56 Å². The van der Waals surface area contributed by atoms with Crippen LogP contribution < -0.4 is 5.32 Å². The van der Waals surface area contributed by atoms with Crippen molar-refractivity contribution in [2.45, 2.75) is 12.5 Å². The number of rotatable bonds is 2. The highest BCUT2D eigenvalue weighted by Crippen LogP contribution is 2.32. The number of hydrogen-bond donors (Lipinski definition) is 1. The fourth-order valence-electron chi connectivity index (χ4n) is 2.77. The maximum absolute atomic E-state index is 4.78. The summed E-state index contributed by atoms with van der Waals surface area (Å²) in [6.45, 7) is 0.945. The van der Waals surface area contributed by atoms with Crippen LogP contribution in [0, 0.1) is 0 Å². The SMILES string of the molecule is c1cncc(C2CCNc3cc(-c4ccncc4)nn32)c1. The predicted molar refractivity (Wildman–Crippen MR) is 80.9 cm³/mol. The summed E-state index contributed by atoms with van der Waals surface area (Å²) >= 11 is 0. The molecule has 0 saturated carbocycles. The van der Waals surface area contributed by atoms with Gasteiger partial charge in [-0.3, -0.25) is 9.97 Å². The Balaban J connectivity index is 1.77. The fourth-order valence-corrected chi connectivity index (χ4v) is 2.77. The van der Waals surface area contributed by atoms with Crippen molar-refractivity contribution < 1.29 is 0 Å². The molecule has 0 saturated heterocycles. The van der Waals surface area contributed by atoms with E-state index in [4.69, 9.17) is 5.10 Å². The van der Waals surface area contributed by atoms with E-state index >= 15 is 0 Å². The Bertz CT molecular complexity index is 736. The molecule has 5 nitrogen and oxygen atoms in total. The normalized spacial score (nSPS) is 17.0. The summed E-state index contributed by atoms with van der Waals surface area (Å²) in [5.41, 5.74) is 3.25. The summed E-state index contributed by atoms with van der Waals surface area (Å²) in [6.07, 6.45) is 8.32. The molecule has 0 fully saturated rings. The molecule has 3 aromatic heterocycles. The molecule has 3 aromatic rings. The number of nitrogens with zero attached hydrogens (tertiary/aromatic N) is 4. The Kier molecular flexibility index (Phi) is 2.88. The maximum Gasteiger partial charge on any atom is 0.125 e. The number of nitrogens with one attached hydrogen (secondary N) is 1. The van der Waals surface area contributed by atoms with Crippen LogP contribution in [0.25, 0.3) is 11.3 Å². The first-order valence-electron chi connectivity index (χ1n) is 7.05. The lowest BCUT2D eigenvalue weighted by Crippen LogP contribution is -2.24. The van der Waals surface area contributed by atoms with Gasteiger partial charge >= 0.3 is 0 Å².